The number of aromatic nitrogens is 2. The monoisotopic (exact) mass is 236 g/mol. The molecule has 1 aromatic rings. The van der Waals surface area contributed by atoms with Crippen LogP contribution in [0.1, 0.15) is 57.0 Å². The van der Waals surface area contributed by atoms with Gasteiger partial charge in [0.2, 0.25) is 0 Å². The Balaban J connectivity index is 2.20. The summed E-state index contributed by atoms with van der Waals surface area (Å²) in [6, 6.07) is 1.98. The molecule has 0 aromatic carbocycles. The average molecular weight is 236 g/mol. The van der Waals surface area contributed by atoms with Gasteiger partial charge in [0.15, 0.2) is 0 Å². The number of nitrogens with one attached hydrogen (secondary N) is 1. The number of aromatic amines is 1. The van der Waals surface area contributed by atoms with Gasteiger partial charge in [0.25, 0.3) is 0 Å². The van der Waals surface area contributed by atoms with Gasteiger partial charge in [-0.2, -0.15) is 0 Å². The Hall–Kier alpha value is -0.700. The Bertz CT molecular complexity index is 403. The molecule has 16 heavy (non-hydrogen) atoms. The van der Waals surface area contributed by atoms with Crippen molar-refractivity contribution in [2.45, 2.75) is 51.9 Å². The van der Waals surface area contributed by atoms with Crippen molar-refractivity contribution < 1.29 is 0 Å². The highest BCUT2D eigenvalue weighted by molar-refractivity contribution is 7.71. The minimum Gasteiger partial charge on any atom is -0.347 e. The first-order valence-corrected chi connectivity index (χ1v) is 6.70. The zero-order chi connectivity index (χ0) is 11.5. The minimum absolute atomic E-state index is 0.601. The van der Waals surface area contributed by atoms with E-state index >= 15 is 0 Å². The molecule has 0 bridgehead atoms. The van der Waals surface area contributed by atoms with Crippen LogP contribution >= 0.6 is 12.2 Å². The van der Waals surface area contributed by atoms with E-state index < -0.39 is 0 Å². The molecule has 0 amide bonds. The van der Waals surface area contributed by atoms with Crippen molar-refractivity contribution in [2.75, 3.05) is 0 Å². The number of rotatable bonds is 2. The van der Waals surface area contributed by atoms with Crippen LogP contribution in [0.4, 0.5) is 0 Å². The molecule has 0 unspecified atom stereocenters. The van der Waals surface area contributed by atoms with Gasteiger partial charge in [-0.15, -0.1) is 0 Å². The van der Waals surface area contributed by atoms with Gasteiger partial charge in [-0.25, -0.2) is 4.98 Å². The van der Waals surface area contributed by atoms with Crippen LogP contribution in [-0.2, 0) is 6.42 Å². The summed E-state index contributed by atoms with van der Waals surface area (Å²) in [4.78, 5) is 7.93. The topological polar surface area (TPSA) is 28.7 Å². The fraction of sp³-hybridized carbons (Fsp3) is 0.692. The third kappa shape index (κ3) is 2.70. The minimum atomic E-state index is 0.601. The lowest BCUT2D eigenvalue weighted by atomic mass is 9.82. The second-order valence-corrected chi connectivity index (χ2v) is 5.36. The van der Waals surface area contributed by atoms with E-state index in [1.807, 2.05) is 6.07 Å². The molecule has 1 N–H and O–H groups in total. The van der Waals surface area contributed by atoms with E-state index in [2.05, 4.69) is 23.8 Å². The number of hydrogen-bond acceptors (Lipinski definition) is 2. The van der Waals surface area contributed by atoms with Gasteiger partial charge in [-0.1, -0.05) is 38.9 Å². The molecule has 1 aromatic heterocycles. The highest BCUT2D eigenvalue weighted by atomic mass is 32.1. The van der Waals surface area contributed by atoms with Crippen molar-refractivity contribution in [2.24, 2.45) is 5.92 Å². The number of H-pyrrole nitrogens is 1. The van der Waals surface area contributed by atoms with E-state index in [0.717, 1.165) is 22.8 Å². The van der Waals surface area contributed by atoms with Gasteiger partial charge in [-0.3, -0.25) is 0 Å². The first-order valence-electron chi connectivity index (χ1n) is 6.29. The van der Waals surface area contributed by atoms with Crippen molar-refractivity contribution >= 4 is 12.2 Å². The van der Waals surface area contributed by atoms with Crippen LogP contribution in [0.5, 0.6) is 0 Å². The number of hydrogen-bond donors (Lipinski definition) is 1. The molecule has 0 aliphatic heterocycles. The zero-order valence-electron chi connectivity index (χ0n) is 10.1. The Labute approximate surface area is 103 Å². The van der Waals surface area contributed by atoms with Crippen molar-refractivity contribution in [3.05, 3.63) is 22.2 Å². The van der Waals surface area contributed by atoms with E-state index in [0.29, 0.717) is 5.92 Å². The molecule has 3 heteroatoms. The maximum Gasteiger partial charge on any atom is 0.129 e. The predicted molar refractivity (Wildman–Crippen MR) is 69.2 cm³/mol. The van der Waals surface area contributed by atoms with E-state index in [4.69, 9.17) is 12.2 Å². The largest absolute Gasteiger partial charge is 0.347 e. The normalized spacial score (nSPS) is 25.6. The van der Waals surface area contributed by atoms with Crippen LogP contribution in [0.2, 0.25) is 0 Å². The van der Waals surface area contributed by atoms with Crippen LogP contribution in [0.3, 0.4) is 0 Å². The van der Waals surface area contributed by atoms with Gasteiger partial charge in [0.1, 0.15) is 10.5 Å². The first-order chi connectivity index (χ1) is 7.69. The Kier molecular flexibility index (Phi) is 3.74. The molecule has 1 saturated carbocycles. The Morgan fingerprint density at radius 2 is 2.06 bits per heavy atom. The summed E-state index contributed by atoms with van der Waals surface area (Å²) in [6.45, 7) is 4.49. The maximum absolute atomic E-state index is 5.21. The van der Waals surface area contributed by atoms with Crippen LogP contribution in [0, 0.1) is 10.6 Å². The number of aryl methyl sites for hydroxylation is 1. The van der Waals surface area contributed by atoms with Crippen molar-refractivity contribution in [1.29, 1.82) is 0 Å². The summed E-state index contributed by atoms with van der Waals surface area (Å²) in [5, 5.41) is 0. The lowest BCUT2D eigenvalue weighted by Crippen LogP contribution is -2.14. The van der Waals surface area contributed by atoms with Gasteiger partial charge in [0.05, 0.1) is 0 Å². The van der Waals surface area contributed by atoms with E-state index in [9.17, 15) is 0 Å². The van der Waals surface area contributed by atoms with Crippen molar-refractivity contribution in [1.82, 2.24) is 9.97 Å². The fourth-order valence-electron chi connectivity index (χ4n) is 2.45. The molecule has 2 rings (SSSR count). The molecule has 1 heterocycles. The predicted octanol–water partition coefficient (Wildman–Crippen LogP) is 4.00. The standard InChI is InChI=1S/C13H20N2S/c1-3-11-8-12(16)15-13(14-11)10-6-4-9(2)5-7-10/h8-10H,3-7H2,1-2H3,(H,14,15,16). The fourth-order valence-corrected chi connectivity index (χ4v) is 2.69. The SMILES string of the molecule is CCc1cc(=S)nc(C2CCC(C)CC2)[nH]1. The molecule has 1 aliphatic carbocycles. The van der Waals surface area contributed by atoms with Crippen LogP contribution in [0.25, 0.3) is 0 Å². The smallest absolute Gasteiger partial charge is 0.129 e. The molecule has 1 aliphatic rings. The summed E-state index contributed by atoms with van der Waals surface area (Å²) >= 11 is 5.21. The molecular formula is C13H20N2S. The molecular weight excluding hydrogens is 216 g/mol. The summed E-state index contributed by atoms with van der Waals surface area (Å²) in [5.41, 5.74) is 1.22. The molecule has 0 atom stereocenters. The van der Waals surface area contributed by atoms with E-state index in [-0.39, 0.29) is 0 Å². The highest BCUT2D eigenvalue weighted by Gasteiger charge is 2.21. The summed E-state index contributed by atoms with van der Waals surface area (Å²) < 4.78 is 0.740. The van der Waals surface area contributed by atoms with Gasteiger partial charge in [0, 0.05) is 11.6 Å². The summed E-state index contributed by atoms with van der Waals surface area (Å²) in [5.74, 6) is 2.61. The molecule has 0 radical (unpaired) electrons. The zero-order valence-corrected chi connectivity index (χ0v) is 10.9. The Morgan fingerprint density at radius 1 is 1.38 bits per heavy atom. The van der Waals surface area contributed by atoms with E-state index in [1.165, 1.54) is 31.4 Å². The second kappa shape index (κ2) is 5.09. The van der Waals surface area contributed by atoms with Gasteiger partial charge in [-0.05, 0) is 31.2 Å². The lowest BCUT2D eigenvalue weighted by Gasteiger charge is -2.25. The quantitative estimate of drug-likeness (QED) is 0.786. The number of nitrogens with zero attached hydrogens (tertiary/aromatic N) is 1. The van der Waals surface area contributed by atoms with Crippen molar-refractivity contribution in [3.63, 3.8) is 0 Å². The first kappa shape index (κ1) is 11.8. The lowest BCUT2D eigenvalue weighted by molar-refractivity contribution is 0.339. The van der Waals surface area contributed by atoms with Crippen molar-refractivity contribution in [3.8, 4) is 0 Å². The highest BCUT2D eigenvalue weighted by Crippen LogP contribution is 2.33. The summed E-state index contributed by atoms with van der Waals surface area (Å²) in [6.07, 6.45) is 6.16. The average Bonchev–Trinajstić information content (AvgIpc) is 2.29. The molecule has 0 spiro atoms. The third-order valence-corrected chi connectivity index (χ3v) is 3.81. The third-order valence-electron chi connectivity index (χ3n) is 3.60. The Morgan fingerprint density at radius 3 is 2.69 bits per heavy atom. The van der Waals surface area contributed by atoms with Crippen LogP contribution in [-0.4, -0.2) is 9.97 Å². The van der Waals surface area contributed by atoms with E-state index in [1.54, 1.807) is 0 Å². The molecule has 88 valence electrons. The molecule has 1 fully saturated rings. The second-order valence-electron chi connectivity index (χ2n) is 4.94. The van der Waals surface area contributed by atoms with Crippen LogP contribution in [0.15, 0.2) is 6.07 Å². The maximum atomic E-state index is 5.21. The van der Waals surface area contributed by atoms with Gasteiger partial charge >= 0.3 is 0 Å². The molecule has 0 saturated heterocycles. The molecule has 2 nitrogen and oxygen atoms in total. The van der Waals surface area contributed by atoms with Crippen LogP contribution < -0.4 is 0 Å². The van der Waals surface area contributed by atoms with Gasteiger partial charge < -0.3 is 4.98 Å². The summed E-state index contributed by atoms with van der Waals surface area (Å²) in [7, 11) is 0.